The lowest BCUT2D eigenvalue weighted by atomic mass is 10.3. The molecule has 0 aromatic heterocycles. The second-order valence-electron chi connectivity index (χ2n) is 2.07. The van der Waals surface area contributed by atoms with Gasteiger partial charge in [0, 0.05) is 5.69 Å². The Morgan fingerprint density at radius 2 is 1.67 bits per heavy atom. The lowest BCUT2D eigenvalue weighted by Crippen LogP contribution is -2.11. The smallest absolute Gasteiger partial charge is 0.0962 e. The van der Waals surface area contributed by atoms with Crippen LogP contribution in [0.4, 0.5) is 11.4 Å². The van der Waals surface area contributed by atoms with Crippen molar-refractivity contribution in [1.29, 1.82) is 0 Å². The van der Waals surface area contributed by atoms with E-state index in [2.05, 4.69) is 0 Å². The highest BCUT2D eigenvalue weighted by Gasteiger charge is 1.97. The van der Waals surface area contributed by atoms with E-state index in [9.17, 15) is 10.4 Å². The van der Waals surface area contributed by atoms with Crippen LogP contribution in [0.3, 0.4) is 0 Å². The van der Waals surface area contributed by atoms with Crippen molar-refractivity contribution in [2.45, 2.75) is 0 Å². The molecule has 66 valence electrons. The van der Waals surface area contributed by atoms with Gasteiger partial charge >= 0.3 is 0 Å². The van der Waals surface area contributed by atoms with E-state index >= 15 is 0 Å². The van der Waals surface area contributed by atoms with Crippen molar-refractivity contribution in [3.8, 4) is 0 Å². The molecule has 0 aliphatic heterocycles. The largest absolute Gasteiger partial charge is 0.769 e. The molecule has 2 N–H and O–H groups in total. The summed E-state index contributed by atoms with van der Waals surface area (Å²) in [5.41, 5.74) is -0.246. The predicted molar refractivity (Wildman–Crippen MR) is 41.7 cm³/mol. The summed E-state index contributed by atoms with van der Waals surface area (Å²) in [5.74, 6) is 0. The van der Waals surface area contributed by atoms with Gasteiger partial charge in [-0.15, -0.1) is 5.23 Å². The predicted octanol–water partition coefficient (Wildman–Crippen LogP) is 1.07. The Bertz CT molecular complexity index is 240. The van der Waals surface area contributed by atoms with Crippen LogP contribution in [0.2, 0.25) is 0 Å². The molecule has 6 heteroatoms. The number of benzene rings is 1. The van der Waals surface area contributed by atoms with Gasteiger partial charge in [0.05, 0.1) is 5.69 Å². The van der Waals surface area contributed by atoms with Gasteiger partial charge in [-0.3, -0.25) is 10.4 Å². The van der Waals surface area contributed by atoms with E-state index in [1.54, 1.807) is 0 Å². The van der Waals surface area contributed by atoms with Gasteiger partial charge in [-0.2, -0.15) is 0 Å². The number of nitrogens with zero attached hydrogens (tertiary/aromatic N) is 2. The number of anilines is 2. The zero-order valence-corrected chi connectivity index (χ0v) is 5.91. The Morgan fingerprint density at radius 3 is 2.17 bits per heavy atom. The first-order valence-corrected chi connectivity index (χ1v) is 3.03. The maximum Gasteiger partial charge on any atom is 0.0962 e. The van der Waals surface area contributed by atoms with Crippen LogP contribution in [-0.4, -0.2) is 10.4 Å². The Kier molecular flexibility index (Phi) is 2.46. The van der Waals surface area contributed by atoms with E-state index in [0.29, 0.717) is 0 Å². The van der Waals surface area contributed by atoms with E-state index in [1.165, 1.54) is 18.2 Å². The average molecular weight is 170 g/mol. The van der Waals surface area contributed by atoms with Crippen molar-refractivity contribution in [3.63, 3.8) is 0 Å². The maximum absolute atomic E-state index is 10.2. The van der Waals surface area contributed by atoms with Crippen molar-refractivity contribution in [1.82, 2.24) is 0 Å². The molecule has 0 aliphatic carbocycles. The molecule has 0 heterocycles. The Morgan fingerprint density at radius 1 is 1.08 bits per heavy atom. The summed E-state index contributed by atoms with van der Waals surface area (Å²) >= 11 is 0. The summed E-state index contributed by atoms with van der Waals surface area (Å²) in [7, 11) is 0. The quantitative estimate of drug-likeness (QED) is 0.645. The second-order valence-corrected chi connectivity index (χ2v) is 2.07. The Hall–Kier alpha value is -1.34. The lowest BCUT2D eigenvalue weighted by Gasteiger charge is -2.37. The third-order valence-corrected chi connectivity index (χ3v) is 1.27. The molecule has 0 unspecified atom stereocenters. The Balaban J connectivity index is 2.96. The molecular weight excluding hydrogens is 164 g/mol. The fourth-order valence-corrected chi connectivity index (χ4v) is 0.731. The summed E-state index contributed by atoms with van der Waals surface area (Å²) in [6, 6.07) is 4.98. The molecule has 0 atom stereocenters. The van der Waals surface area contributed by atoms with Crippen molar-refractivity contribution in [2.24, 2.45) is 0 Å². The normalized spacial score (nSPS) is 9.67. The van der Waals surface area contributed by atoms with Crippen LogP contribution in [0.15, 0.2) is 24.3 Å². The third-order valence-electron chi connectivity index (χ3n) is 1.27. The van der Waals surface area contributed by atoms with Gasteiger partial charge in [-0.05, 0) is 18.2 Å². The van der Waals surface area contributed by atoms with Crippen molar-refractivity contribution >= 4 is 11.4 Å². The van der Waals surface area contributed by atoms with E-state index in [4.69, 9.17) is 10.4 Å². The first-order valence-electron chi connectivity index (χ1n) is 3.03. The van der Waals surface area contributed by atoms with Crippen molar-refractivity contribution < 1.29 is 10.4 Å². The topological polar surface area (TPSA) is 93.1 Å². The van der Waals surface area contributed by atoms with E-state index < -0.39 is 5.23 Å². The zero-order chi connectivity index (χ0) is 9.14. The third kappa shape index (κ3) is 1.83. The van der Waals surface area contributed by atoms with E-state index in [0.717, 1.165) is 6.07 Å². The summed E-state index contributed by atoms with van der Waals surface area (Å²) in [4.78, 5) is 0. The van der Waals surface area contributed by atoms with Crippen LogP contribution >= 0.6 is 0 Å². The fraction of sp³-hybridized carbons (Fsp3) is 0. The molecule has 0 fully saturated rings. The molecular formula is C6H6N2O4-2. The van der Waals surface area contributed by atoms with Gasteiger partial charge in [0.15, 0.2) is 0 Å². The molecule has 12 heavy (non-hydrogen) atoms. The van der Waals surface area contributed by atoms with Crippen molar-refractivity contribution in [2.75, 3.05) is 10.5 Å². The van der Waals surface area contributed by atoms with Gasteiger partial charge in [0.25, 0.3) is 0 Å². The van der Waals surface area contributed by atoms with Gasteiger partial charge < -0.3 is 15.6 Å². The van der Waals surface area contributed by atoms with Crippen LogP contribution in [0.25, 0.3) is 0 Å². The maximum atomic E-state index is 10.2. The van der Waals surface area contributed by atoms with E-state index in [-0.39, 0.29) is 16.6 Å². The minimum Gasteiger partial charge on any atom is -0.769 e. The molecule has 1 aromatic carbocycles. The van der Waals surface area contributed by atoms with Gasteiger partial charge in [0.2, 0.25) is 0 Å². The molecule has 0 bridgehead atoms. The monoisotopic (exact) mass is 170 g/mol. The molecule has 0 saturated carbocycles. The number of rotatable bonds is 2. The second kappa shape index (κ2) is 3.37. The molecule has 1 aromatic rings. The van der Waals surface area contributed by atoms with Gasteiger partial charge in [-0.1, -0.05) is 6.07 Å². The highest BCUT2D eigenvalue weighted by Crippen LogP contribution is 2.19. The molecule has 0 saturated heterocycles. The SMILES string of the molecule is [O-]N([O-])c1cccc(N(O)O)c1. The Labute approximate surface area is 67.9 Å². The highest BCUT2D eigenvalue weighted by atomic mass is 16.8. The van der Waals surface area contributed by atoms with Crippen LogP contribution in [-0.2, 0) is 0 Å². The number of hydrogen-bond acceptors (Lipinski definition) is 6. The first-order chi connectivity index (χ1) is 5.61. The summed E-state index contributed by atoms with van der Waals surface area (Å²) in [6.45, 7) is 0. The van der Waals surface area contributed by atoms with E-state index in [1.807, 2.05) is 0 Å². The fourth-order valence-electron chi connectivity index (χ4n) is 0.731. The standard InChI is InChI=1S/C6H6N2O4/c9-7(10)5-2-1-3-6(4-5)8(11)12/h1-4,9-10H/q-2. The van der Waals surface area contributed by atoms with Gasteiger partial charge in [-0.25, -0.2) is 0 Å². The van der Waals surface area contributed by atoms with Crippen LogP contribution in [0.1, 0.15) is 0 Å². The zero-order valence-electron chi connectivity index (χ0n) is 5.91. The minimum absolute atomic E-state index is 0.0517. The molecule has 0 radical (unpaired) electrons. The minimum atomic E-state index is -0.618. The summed E-state index contributed by atoms with van der Waals surface area (Å²) < 4.78 is 0. The highest BCUT2D eigenvalue weighted by molar-refractivity contribution is 5.58. The number of hydrogen-bond donors (Lipinski definition) is 2. The molecule has 6 nitrogen and oxygen atoms in total. The summed E-state index contributed by atoms with van der Waals surface area (Å²) in [6.07, 6.45) is 0. The molecule has 0 spiro atoms. The van der Waals surface area contributed by atoms with Gasteiger partial charge in [0.1, 0.15) is 0 Å². The van der Waals surface area contributed by atoms with Crippen LogP contribution in [0.5, 0.6) is 0 Å². The van der Waals surface area contributed by atoms with Crippen LogP contribution in [0, 0.1) is 10.4 Å². The molecule has 0 aliphatic rings. The lowest BCUT2D eigenvalue weighted by molar-refractivity contribution is 0.0292. The first kappa shape index (κ1) is 8.75. The summed E-state index contributed by atoms with van der Waals surface area (Å²) in [5, 5.41) is 36.6. The van der Waals surface area contributed by atoms with Crippen molar-refractivity contribution in [3.05, 3.63) is 34.7 Å². The molecule has 1 rings (SSSR count). The van der Waals surface area contributed by atoms with Crippen LogP contribution < -0.4 is 10.5 Å². The molecule has 0 amide bonds. The average Bonchev–Trinajstić information content (AvgIpc) is 2.04.